The summed E-state index contributed by atoms with van der Waals surface area (Å²) in [5, 5.41) is 9.53. The molecular weight excluding hydrogens is 548 g/mol. The first-order valence-corrected chi connectivity index (χ1v) is 16.0. The predicted molar refractivity (Wildman–Crippen MR) is 179 cm³/mol. The second-order valence-electron chi connectivity index (χ2n) is 12.4. The van der Waals surface area contributed by atoms with Crippen molar-refractivity contribution in [3.63, 3.8) is 0 Å². The molecule has 3 aromatic rings. The molecule has 7 heteroatoms. The number of rotatable bonds is 19. The second-order valence-corrected chi connectivity index (χ2v) is 12.4. The molecule has 0 saturated carbocycles. The molecule has 238 valence electrons. The van der Waals surface area contributed by atoms with Crippen molar-refractivity contribution >= 4 is 11.8 Å². The molecule has 0 fully saturated rings. The SMILES string of the molecule is CC(C)CCN(C)[C@H](CC(C)C)C(=O)N[C@@H](Cc1ccc(OCc2ccccc2)cc1)C(=O)NCCNCc1ccccc1. The van der Waals surface area contributed by atoms with E-state index in [4.69, 9.17) is 4.74 Å². The molecule has 3 rings (SSSR count). The highest BCUT2D eigenvalue weighted by molar-refractivity contribution is 5.90. The largest absolute Gasteiger partial charge is 0.489 e. The minimum Gasteiger partial charge on any atom is -0.489 e. The molecule has 0 heterocycles. The summed E-state index contributed by atoms with van der Waals surface area (Å²) in [5.41, 5.74) is 3.25. The van der Waals surface area contributed by atoms with Crippen LogP contribution in [0.4, 0.5) is 0 Å². The molecule has 0 aliphatic carbocycles. The number of ether oxygens (including phenoxy) is 1. The van der Waals surface area contributed by atoms with E-state index in [1.165, 1.54) is 5.56 Å². The lowest BCUT2D eigenvalue weighted by Gasteiger charge is -2.30. The van der Waals surface area contributed by atoms with E-state index in [0.29, 0.717) is 38.0 Å². The van der Waals surface area contributed by atoms with Gasteiger partial charge in [0.2, 0.25) is 11.8 Å². The van der Waals surface area contributed by atoms with Crippen molar-refractivity contribution in [3.8, 4) is 5.75 Å². The lowest BCUT2D eigenvalue weighted by molar-refractivity contribution is -0.132. The summed E-state index contributed by atoms with van der Waals surface area (Å²) in [4.78, 5) is 29.3. The lowest BCUT2D eigenvalue weighted by Crippen LogP contribution is -2.54. The van der Waals surface area contributed by atoms with Crippen molar-refractivity contribution in [3.05, 3.63) is 102 Å². The third-order valence-electron chi connectivity index (χ3n) is 7.61. The van der Waals surface area contributed by atoms with Crippen LogP contribution in [0.5, 0.6) is 5.75 Å². The maximum absolute atomic E-state index is 13.7. The Balaban J connectivity index is 1.65. The second kappa shape index (κ2) is 18.9. The van der Waals surface area contributed by atoms with Crippen molar-refractivity contribution in [1.29, 1.82) is 0 Å². The maximum Gasteiger partial charge on any atom is 0.242 e. The van der Waals surface area contributed by atoms with Gasteiger partial charge in [0.15, 0.2) is 0 Å². The Hall–Kier alpha value is -3.68. The molecule has 0 aromatic heterocycles. The zero-order valence-electron chi connectivity index (χ0n) is 27.2. The van der Waals surface area contributed by atoms with Crippen LogP contribution in [0.25, 0.3) is 0 Å². The van der Waals surface area contributed by atoms with Gasteiger partial charge in [-0.2, -0.15) is 0 Å². The first-order chi connectivity index (χ1) is 21.2. The van der Waals surface area contributed by atoms with Crippen LogP contribution < -0.4 is 20.7 Å². The van der Waals surface area contributed by atoms with Gasteiger partial charge in [-0.3, -0.25) is 14.5 Å². The summed E-state index contributed by atoms with van der Waals surface area (Å²) < 4.78 is 5.95. The van der Waals surface area contributed by atoms with Gasteiger partial charge in [0.05, 0.1) is 6.04 Å². The van der Waals surface area contributed by atoms with E-state index < -0.39 is 6.04 Å². The number of carbonyl (C=O) groups is 2. The number of likely N-dealkylation sites (N-methyl/N-ethyl adjacent to an activating group) is 1. The highest BCUT2D eigenvalue weighted by Gasteiger charge is 2.29. The standard InChI is InChI=1S/C37H52N4O3/c1-28(2)20-23-41(5)35(24-29(3)4)37(43)40-34(36(42)39-22-21-38-26-31-12-8-6-9-13-31)25-30-16-18-33(19-17-30)44-27-32-14-10-7-11-15-32/h6-19,28-29,34-35,38H,20-27H2,1-5H3,(H,39,42)(H,40,43)/t34-,35+/m0/s1. The Morgan fingerprint density at radius 1 is 0.750 bits per heavy atom. The van der Waals surface area contributed by atoms with Gasteiger partial charge in [-0.25, -0.2) is 0 Å². The first kappa shape index (κ1) is 34.8. The fraction of sp³-hybridized carbons (Fsp3) is 0.459. The number of nitrogens with zero attached hydrogens (tertiary/aromatic N) is 1. The zero-order valence-corrected chi connectivity index (χ0v) is 27.2. The van der Waals surface area contributed by atoms with Gasteiger partial charge in [-0.05, 0) is 67.1 Å². The van der Waals surface area contributed by atoms with E-state index in [0.717, 1.165) is 42.8 Å². The van der Waals surface area contributed by atoms with Crippen molar-refractivity contribution in [2.45, 2.75) is 72.2 Å². The third-order valence-corrected chi connectivity index (χ3v) is 7.61. The molecule has 44 heavy (non-hydrogen) atoms. The van der Waals surface area contributed by atoms with Gasteiger partial charge in [-0.15, -0.1) is 0 Å². The highest BCUT2D eigenvalue weighted by Crippen LogP contribution is 2.17. The third kappa shape index (κ3) is 12.9. The van der Waals surface area contributed by atoms with E-state index in [9.17, 15) is 9.59 Å². The molecule has 0 saturated heterocycles. The molecule has 7 nitrogen and oxygen atoms in total. The minimum absolute atomic E-state index is 0.102. The van der Waals surface area contributed by atoms with Gasteiger partial charge >= 0.3 is 0 Å². The Bertz CT molecular complexity index is 1230. The summed E-state index contributed by atoms with van der Waals surface area (Å²) in [6.07, 6.45) is 2.13. The number of hydrogen-bond acceptors (Lipinski definition) is 5. The number of amides is 2. The van der Waals surface area contributed by atoms with Crippen LogP contribution >= 0.6 is 0 Å². The minimum atomic E-state index is -0.694. The van der Waals surface area contributed by atoms with Gasteiger partial charge in [0.25, 0.3) is 0 Å². The summed E-state index contributed by atoms with van der Waals surface area (Å²) in [7, 11) is 2.01. The molecule has 2 amide bonds. The number of hydrogen-bond donors (Lipinski definition) is 3. The normalized spacial score (nSPS) is 12.7. The van der Waals surface area contributed by atoms with E-state index in [-0.39, 0.29) is 17.9 Å². The Morgan fingerprint density at radius 3 is 2.00 bits per heavy atom. The van der Waals surface area contributed by atoms with Crippen LogP contribution in [0.1, 0.15) is 57.2 Å². The number of carbonyl (C=O) groups excluding carboxylic acids is 2. The molecule has 3 N–H and O–H groups in total. The predicted octanol–water partition coefficient (Wildman–Crippen LogP) is 5.59. The molecule has 0 radical (unpaired) electrons. The monoisotopic (exact) mass is 600 g/mol. The van der Waals surface area contributed by atoms with Crippen LogP contribution in [0.3, 0.4) is 0 Å². The van der Waals surface area contributed by atoms with Crippen molar-refractivity contribution < 1.29 is 14.3 Å². The van der Waals surface area contributed by atoms with Gasteiger partial charge < -0.3 is 20.7 Å². The molecule has 0 spiro atoms. The van der Waals surface area contributed by atoms with Crippen molar-refractivity contribution in [2.75, 3.05) is 26.7 Å². The van der Waals surface area contributed by atoms with E-state index >= 15 is 0 Å². The average Bonchev–Trinajstić information content (AvgIpc) is 3.02. The van der Waals surface area contributed by atoms with Gasteiger partial charge in [0.1, 0.15) is 18.4 Å². The lowest BCUT2D eigenvalue weighted by atomic mass is 9.99. The topological polar surface area (TPSA) is 82.7 Å². The van der Waals surface area contributed by atoms with Crippen molar-refractivity contribution in [2.24, 2.45) is 11.8 Å². The fourth-order valence-electron chi connectivity index (χ4n) is 4.95. The van der Waals surface area contributed by atoms with Crippen LogP contribution in [0, 0.1) is 11.8 Å². The summed E-state index contributed by atoms with van der Waals surface area (Å²) in [5.74, 6) is 1.37. The quantitative estimate of drug-likeness (QED) is 0.156. The fourth-order valence-corrected chi connectivity index (χ4v) is 4.95. The van der Waals surface area contributed by atoms with Crippen LogP contribution in [-0.4, -0.2) is 55.5 Å². The van der Waals surface area contributed by atoms with Gasteiger partial charge in [0, 0.05) is 26.1 Å². The molecule has 0 aliphatic heterocycles. The summed E-state index contributed by atoms with van der Waals surface area (Å²) in [6.45, 7) is 11.8. The van der Waals surface area contributed by atoms with Crippen LogP contribution in [0.15, 0.2) is 84.9 Å². The summed E-state index contributed by atoms with van der Waals surface area (Å²) >= 11 is 0. The first-order valence-electron chi connectivity index (χ1n) is 16.0. The molecule has 0 bridgehead atoms. The van der Waals surface area contributed by atoms with E-state index in [1.54, 1.807) is 0 Å². The Morgan fingerprint density at radius 2 is 1.39 bits per heavy atom. The molecule has 0 aliphatic rings. The Kier molecular flexibility index (Phi) is 14.9. The highest BCUT2D eigenvalue weighted by atomic mass is 16.5. The summed E-state index contributed by atoms with van der Waals surface area (Å²) in [6, 6.07) is 27.0. The molecule has 2 atom stereocenters. The van der Waals surface area contributed by atoms with E-state index in [1.807, 2.05) is 79.8 Å². The maximum atomic E-state index is 13.7. The Labute approximate surface area is 264 Å². The van der Waals surface area contributed by atoms with Crippen LogP contribution in [0.2, 0.25) is 0 Å². The van der Waals surface area contributed by atoms with Crippen LogP contribution in [-0.2, 0) is 29.2 Å². The molecular formula is C37H52N4O3. The van der Waals surface area contributed by atoms with Gasteiger partial charge in [-0.1, -0.05) is 100 Å². The molecule has 0 unspecified atom stereocenters. The zero-order chi connectivity index (χ0) is 31.7. The number of nitrogens with one attached hydrogen (secondary N) is 3. The number of benzene rings is 3. The van der Waals surface area contributed by atoms with E-state index in [2.05, 4.69) is 60.7 Å². The van der Waals surface area contributed by atoms with Crippen molar-refractivity contribution in [1.82, 2.24) is 20.9 Å². The molecule has 3 aromatic carbocycles. The smallest absolute Gasteiger partial charge is 0.242 e. The average molecular weight is 601 g/mol.